The van der Waals surface area contributed by atoms with Gasteiger partial charge in [0.05, 0.1) is 0 Å². The molecule has 1 rings (SSSR count). The Morgan fingerprint density at radius 1 is 1.27 bits per heavy atom. The van der Waals surface area contributed by atoms with Gasteiger partial charge in [-0.1, -0.05) is 6.08 Å². The van der Waals surface area contributed by atoms with Gasteiger partial charge in [-0.2, -0.15) is 21.6 Å². The summed E-state index contributed by atoms with van der Waals surface area (Å²) in [5.74, 6) is -0.273. The van der Waals surface area contributed by atoms with Crippen LogP contribution in [0.15, 0.2) is 24.0 Å². The molecule has 0 saturated carbocycles. The number of allylic oxidation sites excluding steroid dienone is 3. The molecule has 0 aliphatic heterocycles. The zero-order valence-corrected chi connectivity index (χ0v) is 8.44. The maximum absolute atomic E-state index is 11.9. The van der Waals surface area contributed by atoms with E-state index >= 15 is 0 Å². The molecule has 0 radical (unpaired) electrons. The lowest BCUT2D eigenvalue weighted by Gasteiger charge is -2.09. The molecule has 0 heterocycles. The van der Waals surface area contributed by atoms with Crippen molar-refractivity contribution >= 4 is 10.1 Å². The van der Waals surface area contributed by atoms with E-state index in [4.69, 9.17) is 0 Å². The van der Waals surface area contributed by atoms with Crippen LogP contribution in [0.3, 0.4) is 0 Å². The summed E-state index contributed by atoms with van der Waals surface area (Å²) >= 11 is 0. The third kappa shape index (κ3) is 3.26. The molecule has 86 valence electrons. The maximum atomic E-state index is 11.9. The van der Waals surface area contributed by atoms with E-state index in [-0.39, 0.29) is 5.76 Å². The lowest BCUT2D eigenvalue weighted by molar-refractivity contribution is -0.0519. The fourth-order valence-electron chi connectivity index (χ4n) is 0.983. The van der Waals surface area contributed by atoms with E-state index < -0.39 is 15.6 Å². The van der Waals surface area contributed by atoms with Gasteiger partial charge in [-0.05, 0) is 31.4 Å². The second-order valence-electron chi connectivity index (χ2n) is 2.92. The standard InChI is InChI=1S/C8H9F3O3S/c9-8(10,11)15(12,13)14-7-5-3-1-2-4-6-7/h3,5-6H,1-2,4H2. The second kappa shape index (κ2) is 4.26. The largest absolute Gasteiger partial charge is 0.534 e. The summed E-state index contributed by atoms with van der Waals surface area (Å²) in [7, 11) is -5.53. The third-order valence-corrected chi connectivity index (χ3v) is 2.67. The first-order valence-corrected chi connectivity index (χ1v) is 5.61. The lowest BCUT2D eigenvalue weighted by atomic mass is 10.2. The van der Waals surface area contributed by atoms with E-state index in [0.29, 0.717) is 12.8 Å². The van der Waals surface area contributed by atoms with Crippen LogP contribution in [-0.4, -0.2) is 13.9 Å². The minimum atomic E-state index is -5.53. The summed E-state index contributed by atoms with van der Waals surface area (Å²) in [6.45, 7) is 0. The first-order valence-electron chi connectivity index (χ1n) is 4.20. The molecule has 0 atom stereocenters. The minimum absolute atomic E-state index is 0.273. The van der Waals surface area contributed by atoms with E-state index in [1.807, 2.05) is 0 Å². The highest BCUT2D eigenvalue weighted by Gasteiger charge is 2.48. The molecule has 7 heteroatoms. The van der Waals surface area contributed by atoms with Crippen molar-refractivity contribution in [2.45, 2.75) is 24.8 Å². The van der Waals surface area contributed by atoms with Crippen LogP contribution in [0, 0.1) is 0 Å². The Kier molecular flexibility index (Phi) is 3.43. The molecule has 0 saturated heterocycles. The van der Waals surface area contributed by atoms with Crippen molar-refractivity contribution in [1.82, 2.24) is 0 Å². The zero-order valence-electron chi connectivity index (χ0n) is 7.62. The van der Waals surface area contributed by atoms with E-state index in [9.17, 15) is 21.6 Å². The fraction of sp³-hybridized carbons (Fsp3) is 0.500. The predicted octanol–water partition coefficient (Wildman–Crippen LogP) is 2.48. The smallest absolute Gasteiger partial charge is 0.376 e. The molecule has 0 unspecified atom stereocenters. The van der Waals surface area contributed by atoms with Crippen LogP contribution in [-0.2, 0) is 14.3 Å². The van der Waals surface area contributed by atoms with E-state index in [1.54, 1.807) is 6.08 Å². The van der Waals surface area contributed by atoms with Crippen LogP contribution in [0.2, 0.25) is 0 Å². The molecule has 15 heavy (non-hydrogen) atoms. The van der Waals surface area contributed by atoms with Crippen LogP contribution < -0.4 is 0 Å². The van der Waals surface area contributed by atoms with Gasteiger partial charge in [0.2, 0.25) is 0 Å². The molecule has 0 amide bonds. The maximum Gasteiger partial charge on any atom is 0.534 e. The number of hydrogen-bond donors (Lipinski definition) is 0. The summed E-state index contributed by atoms with van der Waals surface area (Å²) in [6.07, 6.45) is 6.08. The Bertz CT molecular complexity index is 378. The average Bonchev–Trinajstić information content (AvgIpc) is 2.30. The van der Waals surface area contributed by atoms with Crippen molar-refractivity contribution in [3.63, 3.8) is 0 Å². The lowest BCUT2D eigenvalue weighted by Crippen LogP contribution is -2.25. The van der Waals surface area contributed by atoms with E-state index in [2.05, 4.69) is 4.18 Å². The Hall–Kier alpha value is -0.980. The second-order valence-corrected chi connectivity index (χ2v) is 4.46. The Balaban J connectivity index is 2.82. The van der Waals surface area contributed by atoms with Gasteiger partial charge in [0, 0.05) is 0 Å². The molecule has 0 aromatic heterocycles. The number of alkyl halides is 3. The third-order valence-electron chi connectivity index (χ3n) is 1.69. The van der Waals surface area contributed by atoms with Gasteiger partial charge in [-0.3, -0.25) is 0 Å². The van der Waals surface area contributed by atoms with Crippen LogP contribution in [0.4, 0.5) is 13.2 Å². The minimum Gasteiger partial charge on any atom is -0.376 e. The van der Waals surface area contributed by atoms with Gasteiger partial charge in [0.1, 0.15) is 5.76 Å². The summed E-state index contributed by atoms with van der Waals surface area (Å²) in [5.41, 5.74) is -5.38. The van der Waals surface area contributed by atoms with Crippen LogP contribution in [0.1, 0.15) is 19.3 Å². The summed E-state index contributed by atoms with van der Waals surface area (Å²) < 4.78 is 60.9. The molecule has 0 fully saturated rings. The average molecular weight is 242 g/mol. The van der Waals surface area contributed by atoms with Crippen LogP contribution in [0.5, 0.6) is 0 Å². The highest BCUT2D eigenvalue weighted by Crippen LogP contribution is 2.27. The zero-order chi connectivity index (χ0) is 11.5. The van der Waals surface area contributed by atoms with Crippen molar-refractivity contribution in [1.29, 1.82) is 0 Å². The Morgan fingerprint density at radius 2 is 1.93 bits per heavy atom. The van der Waals surface area contributed by atoms with Crippen LogP contribution in [0.25, 0.3) is 0 Å². The number of rotatable bonds is 2. The Morgan fingerprint density at radius 3 is 2.53 bits per heavy atom. The van der Waals surface area contributed by atoms with Crippen molar-refractivity contribution in [2.24, 2.45) is 0 Å². The quantitative estimate of drug-likeness (QED) is 0.552. The van der Waals surface area contributed by atoms with Crippen molar-refractivity contribution in [2.75, 3.05) is 0 Å². The first-order chi connectivity index (χ1) is 6.83. The highest BCUT2D eigenvalue weighted by molar-refractivity contribution is 7.87. The van der Waals surface area contributed by atoms with Gasteiger partial charge in [0.25, 0.3) is 0 Å². The van der Waals surface area contributed by atoms with E-state index in [1.165, 1.54) is 12.2 Å². The molecular weight excluding hydrogens is 233 g/mol. The van der Waals surface area contributed by atoms with Crippen LogP contribution >= 0.6 is 0 Å². The first kappa shape index (κ1) is 12.1. The van der Waals surface area contributed by atoms with E-state index in [0.717, 1.165) is 6.42 Å². The van der Waals surface area contributed by atoms with Gasteiger partial charge in [0.15, 0.2) is 0 Å². The summed E-state index contributed by atoms with van der Waals surface area (Å²) in [6, 6.07) is 0. The SMILES string of the molecule is O=S(=O)(OC1=CCCCC=C1)C(F)(F)F. The predicted molar refractivity (Wildman–Crippen MR) is 47.1 cm³/mol. The van der Waals surface area contributed by atoms with Gasteiger partial charge < -0.3 is 4.18 Å². The van der Waals surface area contributed by atoms with Gasteiger partial charge in [-0.25, -0.2) is 0 Å². The molecule has 3 nitrogen and oxygen atoms in total. The van der Waals surface area contributed by atoms with Crippen molar-refractivity contribution < 1.29 is 25.8 Å². The van der Waals surface area contributed by atoms with Crippen molar-refractivity contribution in [3.8, 4) is 0 Å². The van der Waals surface area contributed by atoms with Crippen molar-refractivity contribution in [3.05, 3.63) is 24.0 Å². The molecule has 0 bridgehead atoms. The highest BCUT2D eigenvalue weighted by atomic mass is 32.2. The molecule has 0 spiro atoms. The molecule has 1 aliphatic carbocycles. The molecule has 0 N–H and O–H groups in total. The Labute approximate surface area is 85.4 Å². The molecule has 0 aromatic carbocycles. The molecule has 0 aromatic rings. The normalized spacial score (nSPS) is 18.2. The molecular formula is C8H9F3O3S. The topological polar surface area (TPSA) is 43.4 Å². The number of halogens is 3. The fourth-order valence-corrected chi connectivity index (χ4v) is 1.45. The van der Waals surface area contributed by atoms with Gasteiger partial charge >= 0.3 is 15.6 Å². The summed E-state index contributed by atoms with van der Waals surface area (Å²) in [4.78, 5) is 0. The summed E-state index contributed by atoms with van der Waals surface area (Å²) in [5, 5.41) is 0. The monoisotopic (exact) mass is 242 g/mol. The number of hydrogen-bond acceptors (Lipinski definition) is 3. The van der Waals surface area contributed by atoms with Gasteiger partial charge in [-0.15, -0.1) is 0 Å². The molecule has 1 aliphatic rings.